The van der Waals surface area contributed by atoms with Gasteiger partial charge in [0.1, 0.15) is 5.84 Å². The summed E-state index contributed by atoms with van der Waals surface area (Å²) in [6.45, 7) is 0.827. The molecule has 1 N–H and O–H groups in total. The summed E-state index contributed by atoms with van der Waals surface area (Å²) in [6, 6.07) is 11.8. The van der Waals surface area contributed by atoms with E-state index in [0.717, 1.165) is 33.0 Å². The number of nitrogens with zero attached hydrogens (tertiary/aromatic N) is 3. The van der Waals surface area contributed by atoms with E-state index in [-0.39, 0.29) is 6.29 Å². The molecule has 6 nitrogen and oxygen atoms in total. The molecule has 0 unspecified atom stereocenters. The Morgan fingerprint density at radius 1 is 1.24 bits per heavy atom. The van der Waals surface area contributed by atoms with Crippen molar-refractivity contribution < 1.29 is 9.47 Å². The quantitative estimate of drug-likeness (QED) is 0.779. The summed E-state index contributed by atoms with van der Waals surface area (Å²) in [5, 5.41) is 3.37. The molecule has 0 saturated carbocycles. The van der Waals surface area contributed by atoms with Crippen molar-refractivity contribution in [1.29, 1.82) is 0 Å². The van der Waals surface area contributed by atoms with E-state index in [0.29, 0.717) is 13.1 Å². The van der Waals surface area contributed by atoms with Gasteiger partial charge in [-0.3, -0.25) is 15.0 Å². The fraction of sp³-hybridized carbons (Fsp3) is 0.278. The first-order valence-corrected chi connectivity index (χ1v) is 8.62. The molecule has 0 aliphatic carbocycles. The third-order valence-corrected chi connectivity index (χ3v) is 4.26. The number of pyridine rings is 1. The van der Waals surface area contributed by atoms with Crippen LogP contribution >= 0.6 is 15.9 Å². The number of benzene rings is 1. The predicted octanol–water partition coefficient (Wildman–Crippen LogP) is 3.12. The highest BCUT2D eigenvalue weighted by molar-refractivity contribution is 9.10. The van der Waals surface area contributed by atoms with Gasteiger partial charge in [0.15, 0.2) is 6.29 Å². The zero-order valence-electron chi connectivity index (χ0n) is 14.1. The van der Waals surface area contributed by atoms with Crippen molar-refractivity contribution in [1.82, 2.24) is 4.98 Å². The Kier molecular flexibility index (Phi) is 5.91. The molecule has 2 heterocycles. The molecular formula is C18H19BrN4O2. The standard InChI is InChI=1S/C18H19BrN4O2/c1-24-17(25-2)11-21-16-10-22-18(15-5-3-4-8-20-15)13-9-12(19)6-7-14(13)23-16/h3-9,17H,10-11H2,1-2H3,(H,21,23). The van der Waals surface area contributed by atoms with Crippen LogP contribution in [0.1, 0.15) is 11.3 Å². The van der Waals surface area contributed by atoms with E-state index >= 15 is 0 Å². The highest BCUT2D eigenvalue weighted by atomic mass is 79.9. The van der Waals surface area contributed by atoms with Gasteiger partial charge >= 0.3 is 0 Å². The van der Waals surface area contributed by atoms with Crippen LogP contribution in [0.25, 0.3) is 0 Å². The highest BCUT2D eigenvalue weighted by Crippen LogP contribution is 2.25. The van der Waals surface area contributed by atoms with Crippen LogP contribution in [-0.4, -0.2) is 50.1 Å². The molecule has 0 bridgehead atoms. The van der Waals surface area contributed by atoms with E-state index in [1.807, 2.05) is 36.4 Å². The van der Waals surface area contributed by atoms with E-state index in [2.05, 4.69) is 31.2 Å². The molecule has 0 atom stereocenters. The van der Waals surface area contributed by atoms with Gasteiger partial charge in [0.05, 0.1) is 24.5 Å². The molecule has 1 aliphatic rings. The number of halogens is 1. The van der Waals surface area contributed by atoms with Crippen LogP contribution in [-0.2, 0) is 9.47 Å². The Hall–Kier alpha value is -2.09. The molecule has 0 saturated heterocycles. The Balaban J connectivity index is 1.98. The number of hydrogen-bond acceptors (Lipinski definition) is 5. The molecule has 25 heavy (non-hydrogen) atoms. The lowest BCUT2D eigenvalue weighted by Crippen LogP contribution is -2.21. The van der Waals surface area contributed by atoms with Gasteiger partial charge in [0.25, 0.3) is 0 Å². The zero-order valence-corrected chi connectivity index (χ0v) is 15.7. The van der Waals surface area contributed by atoms with Gasteiger partial charge in [-0.05, 0) is 30.3 Å². The summed E-state index contributed by atoms with van der Waals surface area (Å²) in [5.74, 6) is 0.758. The molecule has 0 radical (unpaired) electrons. The third-order valence-electron chi connectivity index (χ3n) is 3.77. The Morgan fingerprint density at radius 3 is 2.80 bits per heavy atom. The Morgan fingerprint density at radius 2 is 2.08 bits per heavy atom. The predicted molar refractivity (Wildman–Crippen MR) is 103 cm³/mol. The largest absolute Gasteiger partial charge is 0.354 e. The third kappa shape index (κ3) is 4.31. The first kappa shape index (κ1) is 17.7. The van der Waals surface area contributed by atoms with Crippen molar-refractivity contribution in [2.45, 2.75) is 6.29 Å². The second-order valence-electron chi connectivity index (χ2n) is 5.38. The summed E-state index contributed by atoms with van der Waals surface area (Å²) in [6.07, 6.45) is 1.39. The second-order valence-corrected chi connectivity index (χ2v) is 6.30. The number of nitrogens with one attached hydrogen (secondary N) is 1. The van der Waals surface area contributed by atoms with Crippen molar-refractivity contribution in [2.24, 2.45) is 9.98 Å². The molecule has 0 fully saturated rings. The maximum Gasteiger partial charge on any atom is 0.176 e. The fourth-order valence-corrected chi connectivity index (χ4v) is 2.86. The summed E-state index contributed by atoms with van der Waals surface area (Å²) in [5.41, 5.74) is 3.59. The molecule has 7 heteroatoms. The molecule has 3 rings (SSSR count). The smallest absolute Gasteiger partial charge is 0.176 e. The summed E-state index contributed by atoms with van der Waals surface area (Å²) in [7, 11) is 3.19. The number of benzodiazepines with no additional fused rings is 1. The fourth-order valence-electron chi connectivity index (χ4n) is 2.50. The van der Waals surface area contributed by atoms with E-state index in [1.54, 1.807) is 20.4 Å². The highest BCUT2D eigenvalue weighted by Gasteiger charge is 2.18. The molecular weight excluding hydrogens is 384 g/mol. The number of rotatable bonds is 5. The molecule has 2 aromatic rings. The van der Waals surface area contributed by atoms with E-state index < -0.39 is 0 Å². The van der Waals surface area contributed by atoms with Crippen molar-refractivity contribution >= 4 is 33.2 Å². The first-order chi connectivity index (χ1) is 12.2. The van der Waals surface area contributed by atoms with Crippen LogP contribution in [0.5, 0.6) is 0 Å². The lowest BCUT2D eigenvalue weighted by molar-refractivity contribution is -0.0936. The lowest BCUT2D eigenvalue weighted by atomic mass is 10.0. The summed E-state index contributed by atoms with van der Waals surface area (Å²) in [4.78, 5) is 13.7. The van der Waals surface area contributed by atoms with Gasteiger partial charge in [-0.2, -0.15) is 0 Å². The van der Waals surface area contributed by atoms with Crippen molar-refractivity contribution in [3.05, 3.63) is 58.3 Å². The average Bonchev–Trinajstić information content (AvgIpc) is 2.82. The molecule has 1 aromatic carbocycles. The van der Waals surface area contributed by atoms with Crippen molar-refractivity contribution in [2.75, 3.05) is 32.6 Å². The van der Waals surface area contributed by atoms with E-state index in [1.165, 1.54) is 0 Å². The minimum Gasteiger partial charge on any atom is -0.354 e. The van der Waals surface area contributed by atoms with Crippen LogP contribution in [0, 0.1) is 0 Å². The first-order valence-electron chi connectivity index (χ1n) is 7.83. The number of fused-ring (bicyclic) bond motifs is 1. The Labute approximate surface area is 155 Å². The van der Waals surface area contributed by atoms with Crippen LogP contribution in [0.15, 0.2) is 57.1 Å². The SMILES string of the molecule is COC(CN=C1CN=C(c2ccccn2)c2cc(Br)ccc2N1)OC. The molecule has 1 aliphatic heterocycles. The monoisotopic (exact) mass is 402 g/mol. The molecule has 0 amide bonds. The van der Waals surface area contributed by atoms with Crippen LogP contribution < -0.4 is 5.32 Å². The average molecular weight is 403 g/mol. The van der Waals surface area contributed by atoms with Crippen LogP contribution in [0.2, 0.25) is 0 Å². The van der Waals surface area contributed by atoms with E-state index in [9.17, 15) is 0 Å². The normalized spacial score (nSPS) is 15.5. The van der Waals surface area contributed by atoms with Gasteiger partial charge in [-0.15, -0.1) is 0 Å². The molecule has 1 aromatic heterocycles. The summed E-state index contributed by atoms with van der Waals surface area (Å²) < 4.78 is 11.4. The number of amidine groups is 1. The number of aliphatic imine (C=N–C) groups is 2. The minimum absolute atomic E-state index is 0.374. The number of anilines is 1. The zero-order chi connectivity index (χ0) is 17.6. The number of methoxy groups -OCH3 is 2. The van der Waals surface area contributed by atoms with Crippen LogP contribution in [0.3, 0.4) is 0 Å². The van der Waals surface area contributed by atoms with Gasteiger partial charge in [0.2, 0.25) is 0 Å². The maximum atomic E-state index is 5.19. The van der Waals surface area contributed by atoms with Gasteiger partial charge < -0.3 is 14.8 Å². The van der Waals surface area contributed by atoms with Crippen molar-refractivity contribution in [3.8, 4) is 0 Å². The topological polar surface area (TPSA) is 68.1 Å². The lowest BCUT2D eigenvalue weighted by Gasteiger charge is -2.13. The number of hydrogen-bond donors (Lipinski definition) is 1. The minimum atomic E-state index is -0.374. The van der Waals surface area contributed by atoms with Gasteiger partial charge in [-0.25, -0.2) is 0 Å². The molecule has 130 valence electrons. The number of aromatic nitrogens is 1. The van der Waals surface area contributed by atoms with Crippen LogP contribution in [0.4, 0.5) is 5.69 Å². The van der Waals surface area contributed by atoms with Gasteiger partial charge in [0, 0.05) is 36.1 Å². The molecule has 0 spiro atoms. The van der Waals surface area contributed by atoms with Crippen molar-refractivity contribution in [3.63, 3.8) is 0 Å². The summed E-state index contributed by atoms with van der Waals surface area (Å²) >= 11 is 3.53. The van der Waals surface area contributed by atoms with E-state index in [4.69, 9.17) is 14.5 Å². The maximum absolute atomic E-state index is 5.19. The Bertz CT molecular complexity index is 789. The second kappa shape index (κ2) is 8.33. The number of ether oxygens (including phenoxy) is 2. The van der Waals surface area contributed by atoms with Gasteiger partial charge in [-0.1, -0.05) is 22.0 Å².